The number of aryl methyl sites for hydroxylation is 1. The van der Waals surface area contributed by atoms with E-state index in [0.29, 0.717) is 6.04 Å². The normalized spacial score (nSPS) is 19.5. The van der Waals surface area contributed by atoms with E-state index >= 15 is 0 Å². The molecule has 19 heavy (non-hydrogen) atoms. The molecule has 1 unspecified atom stereocenters. The fraction of sp³-hybridized carbons (Fsp3) is 0.800. The van der Waals surface area contributed by atoms with E-state index < -0.39 is 0 Å². The van der Waals surface area contributed by atoms with Crippen molar-refractivity contribution in [2.24, 2.45) is 12.5 Å². The Kier molecular flexibility index (Phi) is 4.63. The Hall–Kier alpha value is -0.870. The fourth-order valence-corrected chi connectivity index (χ4v) is 2.84. The molecule has 0 fully saturated rings. The van der Waals surface area contributed by atoms with Gasteiger partial charge in [0, 0.05) is 31.0 Å². The fourth-order valence-electron chi connectivity index (χ4n) is 2.84. The van der Waals surface area contributed by atoms with Crippen molar-refractivity contribution in [3.8, 4) is 0 Å². The number of fused-ring (bicyclic) bond motifs is 1. The van der Waals surface area contributed by atoms with Crippen LogP contribution in [0.1, 0.15) is 56.8 Å². The van der Waals surface area contributed by atoms with Crippen molar-refractivity contribution < 1.29 is 5.11 Å². The summed E-state index contributed by atoms with van der Waals surface area (Å²) < 4.78 is 2.01. The van der Waals surface area contributed by atoms with Crippen molar-refractivity contribution >= 4 is 0 Å². The van der Waals surface area contributed by atoms with Gasteiger partial charge in [0.05, 0.1) is 6.20 Å². The van der Waals surface area contributed by atoms with Gasteiger partial charge in [-0.05, 0) is 44.1 Å². The molecule has 0 aliphatic heterocycles. The van der Waals surface area contributed by atoms with Gasteiger partial charge in [0.1, 0.15) is 0 Å². The number of aliphatic hydroxyl groups is 1. The van der Waals surface area contributed by atoms with Crippen LogP contribution in [0.25, 0.3) is 0 Å². The molecule has 4 nitrogen and oxygen atoms in total. The summed E-state index contributed by atoms with van der Waals surface area (Å²) in [7, 11) is 2.03. The number of aliphatic hydroxyl groups excluding tert-OH is 1. The van der Waals surface area contributed by atoms with E-state index in [0.717, 1.165) is 25.8 Å². The lowest BCUT2D eigenvalue weighted by Crippen LogP contribution is -2.27. The summed E-state index contributed by atoms with van der Waals surface area (Å²) >= 11 is 0. The highest BCUT2D eigenvalue weighted by atomic mass is 16.3. The molecule has 0 bridgehead atoms. The van der Waals surface area contributed by atoms with E-state index in [1.165, 1.54) is 24.1 Å². The molecule has 0 radical (unpaired) electrons. The quantitative estimate of drug-likeness (QED) is 0.775. The maximum absolute atomic E-state index is 9.24. The minimum Gasteiger partial charge on any atom is -0.396 e. The third-order valence-corrected chi connectivity index (χ3v) is 4.22. The molecule has 2 rings (SSSR count). The Balaban J connectivity index is 1.82. The number of nitrogens with zero attached hydrogens (tertiary/aromatic N) is 2. The van der Waals surface area contributed by atoms with Crippen molar-refractivity contribution in [2.75, 3.05) is 13.2 Å². The van der Waals surface area contributed by atoms with Gasteiger partial charge >= 0.3 is 0 Å². The van der Waals surface area contributed by atoms with Gasteiger partial charge in [0.25, 0.3) is 0 Å². The first kappa shape index (κ1) is 14.5. The van der Waals surface area contributed by atoms with Crippen molar-refractivity contribution in [3.63, 3.8) is 0 Å². The molecule has 0 aromatic carbocycles. The number of nitrogens with one attached hydrogen (secondary N) is 1. The lowest BCUT2D eigenvalue weighted by molar-refractivity contribution is 0.147. The zero-order chi connectivity index (χ0) is 13.9. The summed E-state index contributed by atoms with van der Waals surface area (Å²) in [6.45, 7) is 5.52. The minimum atomic E-state index is 0.0493. The molecule has 2 N–H and O–H groups in total. The first-order valence-corrected chi connectivity index (χ1v) is 7.38. The summed E-state index contributed by atoms with van der Waals surface area (Å²) in [5.74, 6) is 0. The predicted octanol–water partition coefficient (Wildman–Crippen LogP) is 2.19. The number of hydrogen-bond acceptors (Lipinski definition) is 3. The second kappa shape index (κ2) is 6.06. The van der Waals surface area contributed by atoms with E-state index in [2.05, 4.69) is 24.3 Å². The predicted molar refractivity (Wildman–Crippen MR) is 77.0 cm³/mol. The highest BCUT2D eigenvalue weighted by Crippen LogP contribution is 2.29. The average molecular weight is 265 g/mol. The Morgan fingerprint density at radius 2 is 2.32 bits per heavy atom. The van der Waals surface area contributed by atoms with Crippen LogP contribution in [0.4, 0.5) is 0 Å². The third-order valence-electron chi connectivity index (χ3n) is 4.22. The van der Waals surface area contributed by atoms with E-state index in [1.807, 2.05) is 17.9 Å². The molecule has 1 aliphatic carbocycles. The Morgan fingerprint density at radius 3 is 3.05 bits per heavy atom. The summed E-state index contributed by atoms with van der Waals surface area (Å²) in [6, 6.07) is 0.467. The zero-order valence-corrected chi connectivity index (χ0v) is 12.4. The van der Waals surface area contributed by atoms with Gasteiger partial charge in [-0.15, -0.1) is 0 Å². The molecule has 0 saturated heterocycles. The van der Waals surface area contributed by atoms with Gasteiger partial charge < -0.3 is 10.4 Å². The summed E-state index contributed by atoms with van der Waals surface area (Å²) in [6.07, 6.45) is 7.79. The Bertz CT molecular complexity index is 412. The molecule has 1 heterocycles. The van der Waals surface area contributed by atoms with E-state index in [9.17, 15) is 5.11 Å². The number of rotatable bonds is 6. The highest BCUT2D eigenvalue weighted by molar-refractivity contribution is 5.24. The van der Waals surface area contributed by atoms with Gasteiger partial charge in [0.15, 0.2) is 0 Å². The van der Waals surface area contributed by atoms with Crippen LogP contribution >= 0.6 is 0 Å². The van der Waals surface area contributed by atoms with E-state index in [1.54, 1.807) is 0 Å². The zero-order valence-electron chi connectivity index (χ0n) is 12.4. The van der Waals surface area contributed by atoms with Crippen LogP contribution in [0.15, 0.2) is 6.20 Å². The topological polar surface area (TPSA) is 50.1 Å². The first-order chi connectivity index (χ1) is 9.03. The van der Waals surface area contributed by atoms with Gasteiger partial charge in [0.2, 0.25) is 0 Å². The standard InChI is InChI=1S/C15H27N3O/c1-15(2,11-19)8-5-9-16-13-6-4-7-14-12(13)10-17-18(14)3/h10,13,16,19H,4-9,11H2,1-3H3. The lowest BCUT2D eigenvalue weighted by Gasteiger charge is -2.25. The van der Waals surface area contributed by atoms with Crippen LogP contribution in [-0.4, -0.2) is 28.0 Å². The molecule has 1 aromatic heterocycles. The first-order valence-electron chi connectivity index (χ1n) is 7.38. The molecular formula is C15H27N3O. The van der Waals surface area contributed by atoms with Crippen LogP contribution in [0.3, 0.4) is 0 Å². The molecule has 0 amide bonds. The minimum absolute atomic E-state index is 0.0493. The van der Waals surface area contributed by atoms with Gasteiger partial charge in [-0.1, -0.05) is 13.8 Å². The van der Waals surface area contributed by atoms with Crippen LogP contribution in [-0.2, 0) is 13.5 Å². The molecule has 0 saturated carbocycles. The summed E-state index contributed by atoms with van der Waals surface area (Å²) in [4.78, 5) is 0. The van der Waals surface area contributed by atoms with Crippen LogP contribution < -0.4 is 5.32 Å². The SMILES string of the molecule is Cn1ncc2c1CCCC2NCCCC(C)(C)CO. The van der Waals surface area contributed by atoms with Crippen molar-refractivity contribution in [3.05, 3.63) is 17.5 Å². The van der Waals surface area contributed by atoms with Gasteiger partial charge in [-0.2, -0.15) is 5.10 Å². The second-order valence-corrected chi connectivity index (χ2v) is 6.50. The molecule has 1 atom stereocenters. The summed E-state index contributed by atoms with van der Waals surface area (Å²) in [5, 5.41) is 17.3. The van der Waals surface area contributed by atoms with Gasteiger partial charge in [-0.3, -0.25) is 4.68 Å². The smallest absolute Gasteiger partial charge is 0.0540 e. The van der Waals surface area contributed by atoms with Crippen molar-refractivity contribution in [1.82, 2.24) is 15.1 Å². The highest BCUT2D eigenvalue weighted by Gasteiger charge is 2.23. The van der Waals surface area contributed by atoms with Crippen LogP contribution in [0.2, 0.25) is 0 Å². The lowest BCUT2D eigenvalue weighted by atomic mass is 9.88. The Morgan fingerprint density at radius 1 is 1.53 bits per heavy atom. The van der Waals surface area contributed by atoms with Crippen molar-refractivity contribution in [2.45, 2.75) is 52.0 Å². The molecular weight excluding hydrogens is 238 g/mol. The van der Waals surface area contributed by atoms with Gasteiger partial charge in [-0.25, -0.2) is 0 Å². The van der Waals surface area contributed by atoms with Crippen LogP contribution in [0, 0.1) is 5.41 Å². The van der Waals surface area contributed by atoms with E-state index in [-0.39, 0.29) is 12.0 Å². The average Bonchev–Trinajstić information content (AvgIpc) is 2.78. The monoisotopic (exact) mass is 265 g/mol. The maximum atomic E-state index is 9.24. The van der Waals surface area contributed by atoms with Crippen LogP contribution in [0.5, 0.6) is 0 Å². The molecule has 1 aromatic rings. The second-order valence-electron chi connectivity index (χ2n) is 6.50. The molecule has 108 valence electrons. The largest absolute Gasteiger partial charge is 0.396 e. The summed E-state index contributed by atoms with van der Waals surface area (Å²) in [5.41, 5.74) is 2.82. The number of hydrogen-bond donors (Lipinski definition) is 2. The van der Waals surface area contributed by atoms with E-state index in [4.69, 9.17) is 0 Å². The maximum Gasteiger partial charge on any atom is 0.0540 e. The molecule has 0 spiro atoms. The molecule has 4 heteroatoms. The van der Waals surface area contributed by atoms with Crippen molar-refractivity contribution in [1.29, 1.82) is 0 Å². The molecule has 1 aliphatic rings. The third kappa shape index (κ3) is 3.57. The Labute approximate surface area is 116 Å². The number of aromatic nitrogens is 2.